The second-order valence-corrected chi connectivity index (χ2v) is 3.31. The van der Waals surface area contributed by atoms with Crippen molar-refractivity contribution in [2.45, 2.75) is 13.0 Å². The quantitative estimate of drug-likeness (QED) is 0.755. The molecule has 0 aliphatic rings. The van der Waals surface area contributed by atoms with Crippen LogP contribution >= 0.6 is 0 Å². The molecule has 1 aromatic rings. The average molecular weight is 240 g/mol. The van der Waals surface area contributed by atoms with Crippen molar-refractivity contribution in [2.75, 3.05) is 20.8 Å². The maximum atomic E-state index is 10.9. The Labute approximate surface area is 99.9 Å². The molecule has 0 bridgehead atoms. The van der Waals surface area contributed by atoms with Crippen molar-refractivity contribution in [3.05, 3.63) is 23.8 Å². The number of hydrogen-bond donors (Lipinski definition) is 1. The van der Waals surface area contributed by atoms with Crippen LogP contribution in [0.3, 0.4) is 0 Å². The van der Waals surface area contributed by atoms with E-state index in [-0.39, 0.29) is 25.6 Å². The normalized spacial score (nSPS) is 9.82. The molecule has 0 aliphatic carbocycles. The molecule has 0 fully saturated rings. The molecule has 1 aromatic carbocycles. The Morgan fingerprint density at radius 3 is 2.71 bits per heavy atom. The second-order valence-electron chi connectivity index (χ2n) is 3.31. The first-order chi connectivity index (χ1) is 8.21. The maximum Gasteiger partial charge on any atom is 0.308 e. The Morgan fingerprint density at radius 2 is 2.12 bits per heavy atom. The van der Waals surface area contributed by atoms with Gasteiger partial charge in [0.05, 0.1) is 33.9 Å². The van der Waals surface area contributed by atoms with Crippen molar-refractivity contribution in [2.24, 2.45) is 0 Å². The third kappa shape index (κ3) is 3.96. The summed E-state index contributed by atoms with van der Waals surface area (Å²) < 4.78 is 14.9. The number of hydrogen-bond acceptors (Lipinski definition) is 5. The van der Waals surface area contributed by atoms with E-state index in [0.717, 1.165) is 0 Å². The Morgan fingerprint density at radius 1 is 1.35 bits per heavy atom. The number of aliphatic hydroxyl groups excluding tert-OH is 1. The number of carbonyl (C=O) groups is 1. The summed E-state index contributed by atoms with van der Waals surface area (Å²) in [4.78, 5) is 10.9. The predicted octanol–water partition coefficient (Wildman–Crippen LogP) is 1.13. The molecular formula is C12H16O5. The summed E-state index contributed by atoms with van der Waals surface area (Å²) in [5.74, 6) is 0.810. The van der Waals surface area contributed by atoms with Gasteiger partial charge in [-0.15, -0.1) is 0 Å². The van der Waals surface area contributed by atoms with Crippen LogP contribution in [0.1, 0.15) is 12.0 Å². The Balaban J connectivity index is 2.64. The first-order valence-corrected chi connectivity index (χ1v) is 5.18. The van der Waals surface area contributed by atoms with Crippen molar-refractivity contribution in [1.29, 1.82) is 0 Å². The van der Waals surface area contributed by atoms with Gasteiger partial charge in [0.2, 0.25) is 0 Å². The summed E-state index contributed by atoms with van der Waals surface area (Å²) >= 11 is 0. The summed E-state index contributed by atoms with van der Waals surface area (Å²) in [6.45, 7) is 0.0738. The molecule has 0 spiro atoms. The monoisotopic (exact) mass is 240 g/mol. The number of ether oxygens (including phenoxy) is 3. The molecule has 0 saturated carbocycles. The van der Waals surface area contributed by atoms with E-state index in [4.69, 9.17) is 14.6 Å². The summed E-state index contributed by atoms with van der Waals surface area (Å²) in [6.07, 6.45) is 0.165. The Bertz CT molecular complexity index is 375. The van der Waals surface area contributed by atoms with Gasteiger partial charge in [0, 0.05) is 11.6 Å². The largest absolute Gasteiger partial charge is 0.497 e. The van der Waals surface area contributed by atoms with E-state index in [1.165, 1.54) is 7.11 Å². The topological polar surface area (TPSA) is 65.0 Å². The van der Waals surface area contributed by atoms with Crippen LogP contribution in [0.5, 0.6) is 11.5 Å². The number of carbonyl (C=O) groups excluding carboxylic acids is 1. The van der Waals surface area contributed by atoms with Crippen LogP contribution in [0, 0.1) is 0 Å². The maximum absolute atomic E-state index is 10.9. The average Bonchev–Trinajstić information content (AvgIpc) is 2.38. The lowest BCUT2D eigenvalue weighted by Crippen LogP contribution is -2.08. The van der Waals surface area contributed by atoms with Crippen LogP contribution in [-0.2, 0) is 16.1 Å². The molecule has 94 valence electrons. The molecule has 5 nitrogen and oxygen atoms in total. The summed E-state index contributed by atoms with van der Waals surface area (Å²) in [7, 11) is 2.87. The smallest absolute Gasteiger partial charge is 0.308 e. The van der Waals surface area contributed by atoms with Gasteiger partial charge in [-0.3, -0.25) is 4.79 Å². The molecule has 0 radical (unpaired) electrons. The second kappa shape index (κ2) is 6.75. The number of esters is 1. The van der Waals surface area contributed by atoms with Crippen molar-refractivity contribution >= 4 is 5.97 Å². The highest BCUT2D eigenvalue weighted by Crippen LogP contribution is 2.24. The molecule has 1 rings (SSSR count). The van der Waals surface area contributed by atoms with E-state index in [9.17, 15) is 4.79 Å². The SMILES string of the molecule is COC(=O)CCOc1cc(OC)ccc1CO. The lowest BCUT2D eigenvalue weighted by molar-refractivity contribution is -0.141. The summed E-state index contributed by atoms with van der Waals surface area (Å²) in [5, 5.41) is 9.12. The Kier molecular flexibility index (Phi) is 5.29. The van der Waals surface area contributed by atoms with Gasteiger partial charge >= 0.3 is 5.97 Å². The molecule has 0 saturated heterocycles. The molecular weight excluding hydrogens is 224 g/mol. The van der Waals surface area contributed by atoms with Crippen molar-refractivity contribution < 1.29 is 24.1 Å². The van der Waals surface area contributed by atoms with Crippen LogP contribution < -0.4 is 9.47 Å². The van der Waals surface area contributed by atoms with E-state index in [1.54, 1.807) is 25.3 Å². The van der Waals surface area contributed by atoms with Gasteiger partial charge in [0.25, 0.3) is 0 Å². The minimum atomic E-state index is -0.335. The van der Waals surface area contributed by atoms with E-state index in [0.29, 0.717) is 17.1 Å². The highest BCUT2D eigenvalue weighted by Gasteiger charge is 2.06. The molecule has 0 aliphatic heterocycles. The number of benzene rings is 1. The first-order valence-electron chi connectivity index (χ1n) is 5.18. The van der Waals surface area contributed by atoms with Crippen LogP contribution in [0.25, 0.3) is 0 Å². The van der Waals surface area contributed by atoms with E-state index >= 15 is 0 Å². The third-order valence-corrected chi connectivity index (χ3v) is 2.24. The van der Waals surface area contributed by atoms with E-state index < -0.39 is 0 Å². The zero-order chi connectivity index (χ0) is 12.7. The lowest BCUT2D eigenvalue weighted by Gasteiger charge is -2.11. The molecule has 17 heavy (non-hydrogen) atoms. The minimum absolute atomic E-state index is 0.127. The fourth-order valence-corrected chi connectivity index (χ4v) is 1.27. The highest BCUT2D eigenvalue weighted by molar-refractivity contribution is 5.69. The first kappa shape index (κ1) is 13.3. The van der Waals surface area contributed by atoms with E-state index in [1.807, 2.05) is 0 Å². The number of rotatable bonds is 6. The summed E-state index contributed by atoms with van der Waals surface area (Å²) in [6, 6.07) is 5.12. The zero-order valence-corrected chi connectivity index (χ0v) is 9.93. The van der Waals surface area contributed by atoms with Crippen LogP contribution in [0.4, 0.5) is 0 Å². The minimum Gasteiger partial charge on any atom is -0.497 e. The van der Waals surface area contributed by atoms with E-state index in [2.05, 4.69) is 4.74 Å². The molecule has 0 unspecified atom stereocenters. The van der Waals surface area contributed by atoms with Gasteiger partial charge in [-0.05, 0) is 12.1 Å². The van der Waals surface area contributed by atoms with Gasteiger partial charge < -0.3 is 19.3 Å². The molecule has 0 amide bonds. The molecule has 0 aromatic heterocycles. The van der Waals surface area contributed by atoms with Crippen molar-refractivity contribution in [1.82, 2.24) is 0 Å². The molecule has 0 atom stereocenters. The van der Waals surface area contributed by atoms with Crippen molar-refractivity contribution in [3.8, 4) is 11.5 Å². The lowest BCUT2D eigenvalue weighted by atomic mass is 10.2. The predicted molar refractivity (Wildman–Crippen MR) is 61.0 cm³/mol. The number of methoxy groups -OCH3 is 2. The van der Waals surface area contributed by atoms with Gasteiger partial charge in [0.15, 0.2) is 0 Å². The number of aliphatic hydroxyl groups is 1. The standard InChI is InChI=1S/C12H16O5/c1-15-10-4-3-9(8-13)11(7-10)17-6-5-12(14)16-2/h3-4,7,13H,5-6,8H2,1-2H3. The van der Waals surface area contributed by atoms with Gasteiger partial charge in [-0.1, -0.05) is 0 Å². The van der Waals surface area contributed by atoms with Gasteiger partial charge in [-0.2, -0.15) is 0 Å². The fourth-order valence-electron chi connectivity index (χ4n) is 1.27. The van der Waals surface area contributed by atoms with Crippen LogP contribution in [-0.4, -0.2) is 31.9 Å². The van der Waals surface area contributed by atoms with Gasteiger partial charge in [0.1, 0.15) is 11.5 Å². The van der Waals surface area contributed by atoms with Crippen molar-refractivity contribution in [3.63, 3.8) is 0 Å². The zero-order valence-electron chi connectivity index (χ0n) is 9.93. The molecule has 0 heterocycles. The summed E-state index contributed by atoms with van der Waals surface area (Å²) in [5.41, 5.74) is 0.649. The Hall–Kier alpha value is -1.75. The van der Waals surface area contributed by atoms with Gasteiger partial charge in [-0.25, -0.2) is 0 Å². The molecule has 5 heteroatoms. The third-order valence-electron chi connectivity index (χ3n) is 2.24. The fraction of sp³-hybridized carbons (Fsp3) is 0.417. The molecule has 1 N–H and O–H groups in total. The van der Waals surface area contributed by atoms with Crippen LogP contribution in [0.15, 0.2) is 18.2 Å². The van der Waals surface area contributed by atoms with Crippen LogP contribution in [0.2, 0.25) is 0 Å². The highest BCUT2D eigenvalue weighted by atomic mass is 16.5.